The highest BCUT2D eigenvalue weighted by Gasteiger charge is 2.23. The number of imidazole rings is 1. The van der Waals surface area contributed by atoms with Crippen LogP contribution in [0.15, 0.2) is 73.1 Å². The van der Waals surface area contributed by atoms with E-state index in [1.54, 1.807) is 48.5 Å². The summed E-state index contributed by atoms with van der Waals surface area (Å²) in [4.78, 5) is 4.44. The number of fused-ring (bicyclic) bond motifs is 3. The monoisotopic (exact) mass is 421 g/mol. The summed E-state index contributed by atoms with van der Waals surface area (Å²) in [6.07, 6.45) is 2.90. The lowest BCUT2D eigenvalue weighted by molar-refractivity contribution is 0.815. The zero-order chi connectivity index (χ0) is 30.2. The van der Waals surface area contributed by atoms with E-state index in [4.69, 9.17) is 12.3 Å². The molecule has 0 spiro atoms. The Morgan fingerprint density at radius 1 is 0.967 bits per heavy atom. The molecule has 3 aromatic carbocycles. The molecule has 0 amide bonds. The van der Waals surface area contributed by atoms with Crippen LogP contribution in [0.4, 0.5) is 0 Å². The summed E-state index contributed by atoms with van der Waals surface area (Å²) < 4.78 is 95.9. The number of hydrogen-bond acceptors (Lipinski definition) is 2. The Morgan fingerprint density at radius 3 is 2.53 bits per heavy atom. The zero-order valence-electron chi connectivity index (χ0n) is 27.2. The van der Waals surface area contributed by atoms with E-state index in [9.17, 15) is 2.74 Å². The number of rotatable bonds is 4. The van der Waals surface area contributed by atoms with Crippen LogP contribution in [0.25, 0.3) is 37.2 Å². The van der Waals surface area contributed by atoms with E-state index in [0.29, 0.717) is 21.0 Å². The van der Waals surface area contributed by atoms with Crippen molar-refractivity contribution in [1.29, 1.82) is 0 Å². The van der Waals surface area contributed by atoms with Crippen molar-refractivity contribution < 1.29 is 15.1 Å². The fourth-order valence-electron chi connectivity index (χ4n) is 3.92. The maximum atomic E-state index is 9.27. The molecule has 0 bridgehead atoms. The molecular weight excluding hydrogens is 384 g/mol. The Labute approximate surface area is 197 Å². The number of nitrogens with zero attached hydrogens (tertiary/aromatic N) is 2. The van der Waals surface area contributed by atoms with Crippen LogP contribution in [0.1, 0.15) is 65.5 Å². The molecule has 2 nitrogen and oxygen atoms in total. The van der Waals surface area contributed by atoms with Gasteiger partial charge >= 0.3 is 0 Å². The molecule has 5 aromatic rings. The first-order valence-electron chi connectivity index (χ1n) is 15.0. The average Bonchev–Trinajstić information content (AvgIpc) is 3.50. The van der Waals surface area contributed by atoms with Gasteiger partial charge in [-0.2, -0.15) is 0 Å². The minimum atomic E-state index is -3.37. The molecule has 0 aliphatic heterocycles. The van der Waals surface area contributed by atoms with Crippen molar-refractivity contribution in [3.05, 3.63) is 84.2 Å². The van der Waals surface area contributed by atoms with Gasteiger partial charge in [0.2, 0.25) is 0 Å². The van der Waals surface area contributed by atoms with Gasteiger partial charge in [-0.15, -0.1) is 11.3 Å². The Kier molecular flexibility index (Phi) is 2.57. The van der Waals surface area contributed by atoms with Gasteiger partial charge in [-0.05, 0) is 35.0 Å². The fraction of sp³-hybridized carbons (Fsp3) is 0.222. The molecule has 2 aromatic heterocycles. The van der Waals surface area contributed by atoms with Gasteiger partial charge in [-0.3, -0.25) is 4.57 Å². The van der Waals surface area contributed by atoms with Crippen molar-refractivity contribution in [2.24, 2.45) is 0 Å². The van der Waals surface area contributed by atoms with Gasteiger partial charge < -0.3 is 0 Å². The van der Waals surface area contributed by atoms with Crippen molar-refractivity contribution in [3.63, 3.8) is 0 Å². The van der Waals surface area contributed by atoms with Crippen molar-refractivity contribution >= 4 is 31.5 Å². The van der Waals surface area contributed by atoms with Crippen molar-refractivity contribution in [2.75, 3.05) is 0 Å². The van der Waals surface area contributed by atoms with Crippen molar-refractivity contribution in [2.45, 2.75) is 39.3 Å². The largest absolute Gasteiger partial charge is 0.299 e. The lowest BCUT2D eigenvalue weighted by atomic mass is 9.90. The highest BCUT2D eigenvalue weighted by molar-refractivity contribution is 7.26. The molecule has 0 fully saturated rings. The first-order valence-corrected chi connectivity index (χ1v) is 10.3. The standard InChI is InChI=1S/C27H26N2S/c1-17(2)21-16-22-20-12-8-9-13-23(20)30-26(22)24(18(3)4)25(21)29-15-14-28-27(29)19-10-6-5-7-11-19/h5-18H,1-4H3/i1D3,2D3,3D3,17D,18D. The maximum absolute atomic E-state index is 9.27. The average molecular weight is 422 g/mol. The van der Waals surface area contributed by atoms with E-state index in [2.05, 4.69) is 4.98 Å². The van der Waals surface area contributed by atoms with Crippen LogP contribution < -0.4 is 0 Å². The number of thiophene rings is 1. The van der Waals surface area contributed by atoms with Crippen LogP contribution in [-0.4, -0.2) is 9.55 Å². The molecule has 1 atom stereocenters. The van der Waals surface area contributed by atoms with Crippen LogP contribution in [-0.2, 0) is 0 Å². The highest BCUT2D eigenvalue weighted by Crippen LogP contribution is 2.44. The summed E-state index contributed by atoms with van der Waals surface area (Å²) in [5.41, 5.74) is -0.0889. The Morgan fingerprint density at radius 2 is 1.73 bits per heavy atom. The van der Waals surface area contributed by atoms with E-state index in [-0.39, 0.29) is 17.1 Å². The van der Waals surface area contributed by atoms with E-state index >= 15 is 0 Å². The first kappa shape index (κ1) is 10.4. The van der Waals surface area contributed by atoms with Crippen LogP contribution in [0.5, 0.6) is 0 Å². The van der Waals surface area contributed by atoms with E-state index in [0.717, 1.165) is 4.70 Å². The third-order valence-corrected chi connectivity index (χ3v) is 6.40. The quantitative estimate of drug-likeness (QED) is 0.286. The molecule has 0 radical (unpaired) electrons. The lowest BCUT2D eigenvalue weighted by Crippen LogP contribution is -2.08. The maximum Gasteiger partial charge on any atom is 0.144 e. The van der Waals surface area contributed by atoms with Crippen molar-refractivity contribution in [3.8, 4) is 17.1 Å². The van der Waals surface area contributed by atoms with Crippen LogP contribution >= 0.6 is 11.3 Å². The van der Waals surface area contributed by atoms with Gasteiger partial charge in [0.15, 0.2) is 0 Å². The van der Waals surface area contributed by atoms with Gasteiger partial charge in [0.25, 0.3) is 0 Å². The predicted octanol–water partition coefficient (Wildman–Crippen LogP) is 8.15. The molecule has 150 valence electrons. The number of hydrogen-bond donors (Lipinski definition) is 0. The predicted molar refractivity (Wildman–Crippen MR) is 130 cm³/mol. The van der Waals surface area contributed by atoms with E-state index < -0.39 is 37.9 Å². The second-order valence-electron chi connectivity index (χ2n) is 7.11. The molecule has 30 heavy (non-hydrogen) atoms. The van der Waals surface area contributed by atoms with E-state index in [1.165, 1.54) is 41.3 Å². The zero-order valence-corrected chi connectivity index (χ0v) is 17.0. The molecule has 0 aliphatic rings. The second-order valence-corrected chi connectivity index (χ2v) is 8.16. The normalized spacial score (nSPS) is 20.9. The molecule has 0 saturated carbocycles. The summed E-state index contributed by atoms with van der Waals surface area (Å²) in [7, 11) is 0. The molecule has 5 rings (SSSR count). The number of benzene rings is 3. The Balaban J connectivity index is 2.11. The van der Waals surface area contributed by atoms with Gasteiger partial charge in [0.05, 0.1) is 5.69 Å². The van der Waals surface area contributed by atoms with Crippen molar-refractivity contribution in [1.82, 2.24) is 9.55 Å². The van der Waals surface area contributed by atoms with Crippen LogP contribution in [0.3, 0.4) is 0 Å². The minimum Gasteiger partial charge on any atom is -0.299 e. The lowest BCUT2D eigenvalue weighted by Gasteiger charge is -2.23. The second kappa shape index (κ2) is 7.41. The summed E-state index contributed by atoms with van der Waals surface area (Å²) in [5, 5.41) is 1.02. The van der Waals surface area contributed by atoms with Crippen LogP contribution in [0.2, 0.25) is 0 Å². The molecule has 1 unspecified atom stereocenters. The fourth-order valence-corrected chi connectivity index (χ4v) is 5.21. The summed E-state index contributed by atoms with van der Waals surface area (Å²) in [6, 6.07) is 17.3. The smallest absolute Gasteiger partial charge is 0.144 e. The van der Waals surface area contributed by atoms with Gasteiger partial charge in [0, 0.05) is 53.2 Å². The summed E-state index contributed by atoms with van der Waals surface area (Å²) >= 11 is 1.23. The summed E-state index contributed by atoms with van der Waals surface area (Å²) in [5.74, 6) is -5.27. The molecule has 0 saturated heterocycles. The molecule has 0 aliphatic carbocycles. The van der Waals surface area contributed by atoms with Crippen LogP contribution in [0, 0.1) is 0 Å². The van der Waals surface area contributed by atoms with Gasteiger partial charge in [-0.25, -0.2) is 4.98 Å². The Bertz CT molecular complexity index is 1730. The highest BCUT2D eigenvalue weighted by atomic mass is 32.1. The van der Waals surface area contributed by atoms with Gasteiger partial charge in [0.1, 0.15) is 5.82 Å². The minimum absolute atomic E-state index is 0.0912. The first-order chi connectivity index (χ1) is 18.9. The topological polar surface area (TPSA) is 17.8 Å². The molecule has 2 heterocycles. The molecule has 0 N–H and O–H groups in total. The summed E-state index contributed by atoms with van der Waals surface area (Å²) in [6.45, 7) is -8.44. The SMILES string of the molecule is [2H]C([2H])([2H])C([2H])(C)c1c(-n2ccnc2-c2ccccc2)c(C([2H])(C([2H])([2H])[2H])C([2H])([2H])[2H])cc2c1sc1ccccc12. The van der Waals surface area contributed by atoms with Gasteiger partial charge in [-0.1, -0.05) is 76.0 Å². The number of aromatic nitrogens is 2. The third-order valence-electron chi connectivity index (χ3n) is 5.20. The molecular formula is C27H26N2S. The molecule has 3 heteroatoms. The van der Waals surface area contributed by atoms with E-state index in [1.807, 2.05) is 6.07 Å². The Hall–Kier alpha value is -2.91. The third kappa shape index (κ3) is 2.96.